The highest BCUT2D eigenvalue weighted by Gasteiger charge is 2.17. The van der Waals surface area contributed by atoms with E-state index < -0.39 is 0 Å². The third-order valence-electron chi connectivity index (χ3n) is 4.04. The second-order valence-electron chi connectivity index (χ2n) is 5.71. The third-order valence-corrected chi connectivity index (χ3v) is 4.04. The largest absolute Gasteiger partial charge is 0.270 e. The topological polar surface area (TPSA) is 55.4 Å². The van der Waals surface area contributed by atoms with Gasteiger partial charge in [0.15, 0.2) is 5.84 Å². The molecule has 0 bridgehead atoms. The van der Waals surface area contributed by atoms with Crippen molar-refractivity contribution in [2.45, 2.75) is 20.3 Å². The Morgan fingerprint density at radius 1 is 1.08 bits per heavy atom. The summed E-state index contributed by atoms with van der Waals surface area (Å²) >= 11 is 0. The van der Waals surface area contributed by atoms with Crippen LogP contribution < -0.4 is 0 Å². The maximum Gasteiger partial charge on any atom is 0.154 e. The molecule has 6 heteroatoms. The van der Waals surface area contributed by atoms with Gasteiger partial charge in [0.05, 0.1) is 11.4 Å². The average Bonchev–Trinajstić information content (AvgIpc) is 3.11. The van der Waals surface area contributed by atoms with Crippen molar-refractivity contribution in [3.63, 3.8) is 0 Å². The van der Waals surface area contributed by atoms with Crippen LogP contribution in [0.15, 0.2) is 64.6 Å². The molecule has 0 aliphatic heterocycles. The second-order valence-corrected chi connectivity index (χ2v) is 5.71. The quantitative estimate of drug-likeness (QED) is 0.530. The summed E-state index contributed by atoms with van der Waals surface area (Å²) < 4.78 is 15.7. The lowest BCUT2D eigenvalue weighted by molar-refractivity contribution is 0.603. The van der Waals surface area contributed by atoms with Crippen LogP contribution in [0, 0.1) is 5.82 Å². The van der Waals surface area contributed by atoms with Gasteiger partial charge in [-0.25, -0.2) is 14.1 Å². The summed E-state index contributed by atoms with van der Waals surface area (Å²) in [5.74, 6) is 0.277. The van der Waals surface area contributed by atoms with Gasteiger partial charge in [-0.15, -0.1) is 5.10 Å². The normalized spacial score (nSPS) is 12.5. The molecule has 0 atom stereocenters. The Kier molecular flexibility index (Phi) is 5.31. The van der Waals surface area contributed by atoms with E-state index in [4.69, 9.17) is 0 Å². The van der Waals surface area contributed by atoms with Gasteiger partial charge in [-0.3, -0.25) is 4.99 Å². The standard InChI is InChI=1S/C20H20FN5/c1-4-17-19(24-25-26(17)18-13-9-8-12-16(18)21)14(2)23-20(22-3)15-10-6-5-7-11-15/h5-13H,4H2,1-3H3. The highest BCUT2D eigenvalue weighted by molar-refractivity contribution is 6.11. The van der Waals surface area contributed by atoms with Crippen molar-refractivity contribution < 1.29 is 4.39 Å². The minimum atomic E-state index is -0.340. The molecule has 1 heterocycles. The van der Waals surface area contributed by atoms with Gasteiger partial charge in [0, 0.05) is 12.6 Å². The Morgan fingerprint density at radius 3 is 2.42 bits per heavy atom. The van der Waals surface area contributed by atoms with Crippen LogP contribution in [0.4, 0.5) is 4.39 Å². The Labute approximate surface area is 151 Å². The summed E-state index contributed by atoms with van der Waals surface area (Å²) in [6.45, 7) is 3.85. The SMILES string of the molecule is CCc1c(C(C)=NC(=NC)c2ccccc2)nnn1-c1ccccc1F. The van der Waals surface area contributed by atoms with Crippen LogP contribution in [-0.2, 0) is 6.42 Å². The van der Waals surface area contributed by atoms with E-state index in [1.807, 2.05) is 44.2 Å². The molecule has 2 aromatic carbocycles. The summed E-state index contributed by atoms with van der Waals surface area (Å²) in [7, 11) is 1.70. The first kappa shape index (κ1) is 17.7. The first-order valence-electron chi connectivity index (χ1n) is 8.43. The minimum absolute atomic E-state index is 0.340. The first-order valence-corrected chi connectivity index (χ1v) is 8.43. The molecule has 0 unspecified atom stereocenters. The fraction of sp³-hybridized carbons (Fsp3) is 0.200. The highest BCUT2D eigenvalue weighted by atomic mass is 19.1. The van der Waals surface area contributed by atoms with Gasteiger partial charge < -0.3 is 0 Å². The summed E-state index contributed by atoms with van der Waals surface area (Å²) in [6.07, 6.45) is 0.646. The molecule has 3 rings (SSSR count). The van der Waals surface area contributed by atoms with Crippen LogP contribution in [-0.4, -0.2) is 33.6 Å². The van der Waals surface area contributed by atoms with Crippen molar-refractivity contribution in [1.82, 2.24) is 15.0 Å². The predicted molar refractivity (Wildman–Crippen MR) is 102 cm³/mol. The molecule has 5 nitrogen and oxygen atoms in total. The fourth-order valence-electron chi connectivity index (χ4n) is 2.76. The minimum Gasteiger partial charge on any atom is -0.270 e. The number of halogens is 1. The first-order chi connectivity index (χ1) is 12.7. The maximum absolute atomic E-state index is 14.2. The summed E-state index contributed by atoms with van der Waals surface area (Å²) in [5.41, 5.74) is 3.44. The molecule has 0 N–H and O–H groups in total. The molecular weight excluding hydrogens is 329 g/mol. The molecule has 132 valence electrons. The van der Waals surface area contributed by atoms with Gasteiger partial charge in [-0.05, 0) is 25.5 Å². The molecule has 1 aromatic heterocycles. The Bertz CT molecular complexity index is 957. The van der Waals surface area contributed by atoms with E-state index in [2.05, 4.69) is 20.3 Å². The van der Waals surface area contributed by atoms with Gasteiger partial charge >= 0.3 is 0 Å². The zero-order valence-electron chi connectivity index (χ0n) is 15.0. The molecular formula is C20H20FN5. The number of para-hydroxylation sites is 1. The Morgan fingerprint density at radius 2 is 1.77 bits per heavy atom. The van der Waals surface area contributed by atoms with E-state index in [1.54, 1.807) is 25.2 Å². The number of aromatic nitrogens is 3. The van der Waals surface area contributed by atoms with E-state index in [1.165, 1.54) is 10.7 Å². The zero-order chi connectivity index (χ0) is 18.5. The highest BCUT2D eigenvalue weighted by Crippen LogP contribution is 2.17. The lowest BCUT2D eigenvalue weighted by atomic mass is 10.1. The van der Waals surface area contributed by atoms with Gasteiger partial charge in [-0.1, -0.05) is 54.6 Å². The van der Waals surface area contributed by atoms with Crippen molar-refractivity contribution >= 4 is 11.5 Å². The number of benzene rings is 2. The maximum atomic E-state index is 14.2. The van der Waals surface area contributed by atoms with Crippen LogP contribution in [0.5, 0.6) is 0 Å². The number of hydrogen-bond donors (Lipinski definition) is 0. The number of nitrogens with zero attached hydrogens (tertiary/aromatic N) is 5. The molecule has 0 aliphatic carbocycles. The van der Waals surface area contributed by atoms with E-state index >= 15 is 0 Å². The smallest absolute Gasteiger partial charge is 0.154 e. The van der Waals surface area contributed by atoms with Crippen LogP contribution in [0.25, 0.3) is 5.69 Å². The number of amidine groups is 1. The monoisotopic (exact) mass is 349 g/mol. The van der Waals surface area contributed by atoms with E-state index in [0.717, 1.165) is 11.3 Å². The predicted octanol–water partition coefficient (Wildman–Crippen LogP) is 3.85. The van der Waals surface area contributed by atoms with Crippen molar-refractivity contribution in [3.05, 3.63) is 77.4 Å². The summed E-state index contributed by atoms with van der Waals surface area (Å²) in [4.78, 5) is 8.90. The van der Waals surface area contributed by atoms with E-state index in [0.29, 0.717) is 29.3 Å². The zero-order valence-corrected chi connectivity index (χ0v) is 15.0. The van der Waals surface area contributed by atoms with Crippen molar-refractivity contribution in [2.75, 3.05) is 7.05 Å². The third kappa shape index (κ3) is 3.44. The van der Waals surface area contributed by atoms with Gasteiger partial charge in [0.2, 0.25) is 0 Å². The molecule has 3 aromatic rings. The van der Waals surface area contributed by atoms with Gasteiger partial charge in [0.1, 0.15) is 17.2 Å². The van der Waals surface area contributed by atoms with Crippen LogP contribution in [0.2, 0.25) is 0 Å². The van der Waals surface area contributed by atoms with Gasteiger partial charge in [-0.2, -0.15) is 0 Å². The molecule has 26 heavy (non-hydrogen) atoms. The fourth-order valence-corrected chi connectivity index (χ4v) is 2.76. The second kappa shape index (κ2) is 7.82. The van der Waals surface area contributed by atoms with Crippen molar-refractivity contribution in [3.8, 4) is 5.69 Å². The summed E-state index contributed by atoms with van der Waals surface area (Å²) in [5, 5.41) is 8.40. The number of rotatable bonds is 4. The van der Waals surface area contributed by atoms with Crippen LogP contribution in [0.3, 0.4) is 0 Å². The van der Waals surface area contributed by atoms with Crippen LogP contribution in [0.1, 0.15) is 30.8 Å². The summed E-state index contributed by atoms with van der Waals surface area (Å²) in [6, 6.07) is 16.3. The number of hydrogen-bond acceptors (Lipinski definition) is 3. The van der Waals surface area contributed by atoms with Crippen LogP contribution >= 0.6 is 0 Å². The average molecular weight is 349 g/mol. The Hall–Kier alpha value is -3.15. The van der Waals surface area contributed by atoms with Crippen molar-refractivity contribution in [2.24, 2.45) is 9.98 Å². The lowest BCUT2D eigenvalue weighted by Gasteiger charge is -2.07. The molecule has 0 amide bonds. The molecule has 0 radical (unpaired) electrons. The lowest BCUT2D eigenvalue weighted by Crippen LogP contribution is -2.08. The van der Waals surface area contributed by atoms with Crippen molar-refractivity contribution in [1.29, 1.82) is 0 Å². The molecule has 0 saturated carbocycles. The molecule has 0 fully saturated rings. The molecule has 0 aliphatic rings. The van der Waals surface area contributed by atoms with E-state index in [9.17, 15) is 4.39 Å². The molecule has 0 saturated heterocycles. The van der Waals surface area contributed by atoms with Gasteiger partial charge in [0.25, 0.3) is 0 Å². The molecule has 0 spiro atoms. The number of aliphatic imine (C=N–C) groups is 2. The Balaban J connectivity index is 2.03. The van der Waals surface area contributed by atoms with E-state index in [-0.39, 0.29) is 5.82 Å².